The number of carboxylic acids is 1. The van der Waals surface area contributed by atoms with Gasteiger partial charge in [0.2, 0.25) is 0 Å². The van der Waals surface area contributed by atoms with E-state index in [0.717, 1.165) is 31.7 Å². The summed E-state index contributed by atoms with van der Waals surface area (Å²) < 4.78 is 62.7. The van der Waals surface area contributed by atoms with E-state index in [2.05, 4.69) is 9.88 Å². The summed E-state index contributed by atoms with van der Waals surface area (Å²) in [6.45, 7) is 2.28. The summed E-state index contributed by atoms with van der Waals surface area (Å²) in [4.78, 5) is 15.2. The molecule has 3 atom stereocenters. The maximum absolute atomic E-state index is 13.7. The predicted molar refractivity (Wildman–Crippen MR) is 94.2 cm³/mol. The molecule has 2 fully saturated rings. The molecular weight excluding hydrogens is 412 g/mol. The number of rotatable bonds is 4. The Morgan fingerprint density at radius 2 is 2.07 bits per heavy atom. The summed E-state index contributed by atoms with van der Waals surface area (Å²) in [5, 5.41) is 7.12. The van der Waals surface area contributed by atoms with Crippen LogP contribution in [0.4, 0.5) is 17.6 Å². The minimum absolute atomic E-state index is 0.0554. The molecule has 1 aliphatic heterocycles. The number of nitrogens with zero attached hydrogens (tertiary/aromatic N) is 2. The van der Waals surface area contributed by atoms with Gasteiger partial charge < -0.3 is 19.0 Å². The second-order valence-electron chi connectivity index (χ2n) is 6.78. The highest BCUT2D eigenvalue weighted by molar-refractivity contribution is 5.73. The highest BCUT2D eigenvalue weighted by atomic mass is 19.4. The number of furan rings is 1. The van der Waals surface area contributed by atoms with Crippen LogP contribution in [0.5, 0.6) is 5.88 Å². The Hall–Kier alpha value is -2.66. The van der Waals surface area contributed by atoms with Gasteiger partial charge >= 0.3 is 12.1 Å². The molecule has 0 unspecified atom stereocenters. The van der Waals surface area contributed by atoms with Gasteiger partial charge in [-0.15, -0.1) is 0 Å². The van der Waals surface area contributed by atoms with Crippen LogP contribution in [0, 0.1) is 5.82 Å². The zero-order chi connectivity index (χ0) is 21.7. The van der Waals surface area contributed by atoms with Crippen LogP contribution >= 0.6 is 0 Å². The lowest BCUT2D eigenvalue weighted by Crippen LogP contribution is -2.51. The third kappa shape index (κ3) is 5.48. The predicted octanol–water partition coefficient (Wildman–Crippen LogP) is 3.26. The SMILES string of the molecule is Fc1cccnc1O[C@H]1CC[C@H]2[C@H]1OCCN2Cc1ccco1.O=C(O)C(F)(F)F. The number of hydrogen-bond donors (Lipinski definition) is 1. The number of aliphatic carboxylic acids is 1. The Labute approximate surface area is 169 Å². The van der Waals surface area contributed by atoms with Gasteiger partial charge in [0.15, 0.2) is 5.82 Å². The number of ether oxygens (including phenoxy) is 2. The fourth-order valence-corrected chi connectivity index (χ4v) is 3.52. The number of morpholine rings is 1. The Morgan fingerprint density at radius 3 is 2.70 bits per heavy atom. The molecule has 4 rings (SSSR count). The summed E-state index contributed by atoms with van der Waals surface area (Å²) in [5.41, 5.74) is 0. The van der Waals surface area contributed by atoms with Crippen molar-refractivity contribution in [1.82, 2.24) is 9.88 Å². The molecule has 0 spiro atoms. The van der Waals surface area contributed by atoms with Crippen molar-refractivity contribution >= 4 is 5.97 Å². The fraction of sp³-hybridized carbons (Fsp3) is 0.474. The van der Waals surface area contributed by atoms with Gasteiger partial charge in [-0.05, 0) is 37.1 Å². The minimum atomic E-state index is -5.08. The van der Waals surface area contributed by atoms with E-state index in [1.807, 2.05) is 12.1 Å². The van der Waals surface area contributed by atoms with Crippen molar-refractivity contribution < 1.29 is 41.4 Å². The Balaban J connectivity index is 0.000000318. The first-order chi connectivity index (χ1) is 14.3. The number of pyridine rings is 1. The van der Waals surface area contributed by atoms with E-state index in [4.69, 9.17) is 23.8 Å². The Bertz CT molecular complexity index is 831. The van der Waals surface area contributed by atoms with Crippen LogP contribution in [-0.2, 0) is 16.1 Å². The number of halogens is 4. The molecule has 2 aromatic heterocycles. The monoisotopic (exact) mass is 432 g/mol. The fourth-order valence-electron chi connectivity index (χ4n) is 3.52. The first kappa shape index (κ1) is 22.0. The molecule has 2 aromatic rings. The zero-order valence-electron chi connectivity index (χ0n) is 15.7. The van der Waals surface area contributed by atoms with Crippen molar-refractivity contribution in [2.75, 3.05) is 13.2 Å². The van der Waals surface area contributed by atoms with E-state index in [0.29, 0.717) is 6.61 Å². The van der Waals surface area contributed by atoms with E-state index in [9.17, 15) is 17.6 Å². The molecule has 0 aromatic carbocycles. The number of aromatic nitrogens is 1. The lowest BCUT2D eigenvalue weighted by molar-refractivity contribution is -0.192. The smallest absolute Gasteiger partial charge is 0.475 e. The Kier molecular flexibility index (Phi) is 6.93. The maximum atomic E-state index is 13.7. The second kappa shape index (κ2) is 9.43. The van der Waals surface area contributed by atoms with Gasteiger partial charge in [0.1, 0.15) is 18.0 Å². The number of fused-ring (bicyclic) bond motifs is 1. The average Bonchev–Trinajstić information content (AvgIpc) is 3.34. The summed E-state index contributed by atoms with van der Waals surface area (Å²) in [5.74, 6) is -2.18. The molecule has 1 saturated carbocycles. The highest BCUT2D eigenvalue weighted by Gasteiger charge is 2.44. The summed E-state index contributed by atoms with van der Waals surface area (Å²) in [6, 6.07) is 7.07. The van der Waals surface area contributed by atoms with Crippen LogP contribution in [0.25, 0.3) is 0 Å². The molecule has 164 valence electrons. The molecule has 30 heavy (non-hydrogen) atoms. The molecule has 0 amide bonds. The molecular formula is C19H20F4N2O5. The van der Waals surface area contributed by atoms with Gasteiger partial charge in [-0.1, -0.05) is 0 Å². The van der Waals surface area contributed by atoms with E-state index in [-0.39, 0.29) is 24.1 Å². The van der Waals surface area contributed by atoms with Crippen LogP contribution in [0.1, 0.15) is 18.6 Å². The van der Waals surface area contributed by atoms with Gasteiger partial charge in [0.25, 0.3) is 5.88 Å². The van der Waals surface area contributed by atoms with Gasteiger partial charge in [0.05, 0.1) is 19.4 Å². The molecule has 1 saturated heterocycles. The lowest BCUT2D eigenvalue weighted by atomic mass is 10.1. The Morgan fingerprint density at radius 1 is 1.30 bits per heavy atom. The van der Waals surface area contributed by atoms with Crippen LogP contribution in [-0.4, -0.2) is 58.5 Å². The van der Waals surface area contributed by atoms with Crippen molar-refractivity contribution in [1.29, 1.82) is 0 Å². The van der Waals surface area contributed by atoms with Crippen LogP contribution < -0.4 is 4.74 Å². The topological polar surface area (TPSA) is 85.0 Å². The second-order valence-corrected chi connectivity index (χ2v) is 6.78. The minimum Gasteiger partial charge on any atom is -0.475 e. The molecule has 3 heterocycles. The summed E-state index contributed by atoms with van der Waals surface area (Å²) in [6.07, 6.45) is -0.276. The van der Waals surface area contributed by atoms with Gasteiger partial charge in [-0.3, -0.25) is 4.90 Å². The third-order valence-corrected chi connectivity index (χ3v) is 4.82. The first-order valence-corrected chi connectivity index (χ1v) is 9.21. The molecule has 11 heteroatoms. The highest BCUT2D eigenvalue weighted by Crippen LogP contribution is 2.33. The molecule has 7 nitrogen and oxygen atoms in total. The van der Waals surface area contributed by atoms with Crippen molar-refractivity contribution in [3.8, 4) is 5.88 Å². The molecule has 1 N–H and O–H groups in total. The van der Waals surface area contributed by atoms with E-state index < -0.39 is 18.0 Å². The van der Waals surface area contributed by atoms with Crippen molar-refractivity contribution in [3.63, 3.8) is 0 Å². The molecule has 2 aliphatic rings. The van der Waals surface area contributed by atoms with Crippen LogP contribution in [0.15, 0.2) is 41.1 Å². The van der Waals surface area contributed by atoms with Gasteiger partial charge in [0, 0.05) is 18.8 Å². The summed E-state index contributed by atoms with van der Waals surface area (Å²) in [7, 11) is 0. The number of carbonyl (C=O) groups is 1. The van der Waals surface area contributed by atoms with Crippen molar-refractivity contribution in [2.45, 2.75) is 43.8 Å². The van der Waals surface area contributed by atoms with Crippen LogP contribution in [0.3, 0.4) is 0 Å². The lowest BCUT2D eigenvalue weighted by Gasteiger charge is -2.38. The van der Waals surface area contributed by atoms with Gasteiger partial charge in [-0.2, -0.15) is 13.2 Å². The standard InChI is InChI=1S/C17H19FN2O3.C2HF3O2/c18-13-4-1-7-19-17(13)23-15-6-5-14-16(15)22-10-8-20(14)11-12-3-2-9-21-12;3-2(4,5)1(6)7/h1-4,7,9,14-16H,5-6,8,10-11H2;(H,6,7)/t14-,15-,16+;/m0./s1. The van der Waals surface area contributed by atoms with Crippen molar-refractivity contribution in [3.05, 3.63) is 48.3 Å². The van der Waals surface area contributed by atoms with E-state index in [1.165, 1.54) is 12.3 Å². The number of carboxylic acid groups (broad SMARTS) is 1. The molecule has 1 aliphatic carbocycles. The normalized spacial score (nSPS) is 23.9. The van der Waals surface area contributed by atoms with E-state index >= 15 is 0 Å². The van der Waals surface area contributed by atoms with Gasteiger partial charge in [-0.25, -0.2) is 14.2 Å². The molecule has 0 bridgehead atoms. The van der Waals surface area contributed by atoms with Crippen molar-refractivity contribution in [2.24, 2.45) is 0 Å². The molecule has 0 radical (unpaired) electrons. The van der Waals surface area contributed by atoms with Crippen LogP contribution in [0.2, 0.25) is 0 Å². The number of alkyl halides is 3. The number of hydrogen-bond acceptors (Lipinski definition) is 6. The first-order valence-electron chi connectivity index (χ1n) is 9.21. The van der Waals surface area contributed by atoms with E-state index in [1.54, 1.807) is 12.3 Å². The maximum Gasteiger partial charge on any atom is 0.490 e. The summed E-state index contributed by atoms with van der Waals surface area (Å²) >= 11 is 0. The average molecular weight is 432 g/mol. The third-order valence-electron chi connectivity index (χ3n) is 4.82. The quantitative estimate of drug-likeness (QED) is 0.743. The largest absolute Gasteiger partial charge is 0.490 e. The zero-order valence-corrected chi connectivity index (χ0v) is 15.7.